The van der Waals surface area contributed by atoms with Crippen molar-refractivity contribution in [1.29, 1.82) is 0 Å². The first-order valence-corrected chi connectivity index (χ1v) is 17.3. The lowest BCUT2D eigenvalue weighted by Crippen LogP contribution is -2.30. The van der Waals surface area contributed by atoms with Crippen molar-refractivity contribution in [2.24, 2.45) is 9.98 Å². The molecule has 0 bridgehead atoms. The van der Waals surface area contributed by atoms with Crippen LogP contribution in [0.15, 0.2) is 131 Å². The van der Waals surface area contributed by atoms with Crippen LogP contribution in [0.1, 0.15) is 59.3 Å². The van der Waals surface area contributed by atoms with Crippen LogP contribution in [-0.2, 0) is 0 Å². The molecular formula is C40H38N6S2. The molecule has 7 rings (SSSR count). The standard InChI is InChI=1S/C40H38N6S2/c1-27-35(39(47)45(43-27)31-21-11-5-12-22-31)37(29-17-7-3-8-18-29)41-33-25-15-16-26-34(33)42-38(30-19-9-4-10-20-30)36-28(2)44-46(40(36)48)32-23-13-6-14-24-32/h3-14,17-24,33-34,43-44H,15-16,25-26H2,1-2H3/t33-,34+. The second kappa shape index (κ2) is 14.1. The van der Waals surface area contributed by atoms with E-state index in [1.807, 2.05) is 57.9 Å². The summed E-state index contributed by atoms with van der Waals surface area (Å²) in [6.07, 6.45) is 4.09. The second-order valence-electron chi connectivity index (χ2n) is 12.3. The van der Waals surface area contributed by atoms with Gasteiger partial charge in [-0.1, -0.05) is 134 Å². The molecule has 2 N–H and O–H groups in total. The van der Waals surface area contributed by atoms with E-state index >= 15 is 0 Å². The Kier molecular flexibility index (Phi) is 9.27. The van der Waals surface area contributed by atoms with E-state index in [4.69, 9.17) is 34.4 Å². The van der Waals surface area contributed by atoms with E-state index < -0.39 is 0 Å². The third-order valence-electron chi connectivity index (χ3n) is 9.02. The molecule has 1 fully saturated rings. The quantitative estimate of drug-likeness (QED) is 0.126. The summed E-state index contributed by atoms with van der Waals surface area (Å²) in [5, 5.41) is 7.04. The Morgan fingerprint density at radius 2 is 0.875 bits per heavy atom. The number of aryl methyl sites for hydroxylation is 2. The molecule has 2 heterocycles. The Labute approximate surface area is 291 Å². The highest BCUT2D eigenvalue weighted by Gasteiger charge is 2.29. The molecule has 0 radical (unpaired) electrons. The summed E-state index contributed by atoms with van der Waals surface area (Å²) in [7, 11) is 0. The minimum absolute atomic E-state index is 0.0318. The smallest absolute Gasteiger partial charge is 0.137 e. The number of aliphatic imine (C=N–C) groups is 2. The van der Waals surface area contributed by atoms with Gasteiger partial charge in [0.25, 0.3) is 0 Å². The molecule has 0 spiro atoms. The second-order valence-corrected chi connectivity index (χ2v) is 13.1. The largest absolute Gasteiger partial charge is 0.297 e. The van der Waals surface area contributed by atoms with Crippen LogP contribution in [0.2, 0.25) is 0 Å². The van der Waals surface area contributed by atoms with Crippen LogP contribution in [0.5, 0.6) is 0 Å². The Morgan fingerprint density at radius 3 is 1.23 bits per heavy atom. The van der Waals surface area contributed by atoms with E-state index in [9.17, 15) is 0 Å². The maximum Gasteiger partial charge on any atom is 0.137 e. The molecule has 8 heteroatoms. The lowest BCUT2D eigenvalue weighted by molar-refractivity contribution is 0.389. The van der Waals surface area contributed by atoms with Crippen molar-refractivity contribution in [1.82, 2.24) is 19.6 Å². The fraction of sp³-hybridized carbons (Fsp3) is 0.200. The zero-order chi connectivity index (χ0) is 33.0. The number of aromatic nitrogens is 4. The number of benzene rings is 4. The van der Waals surface area contributed by atoms with Crippen LogP contribution in [0, 0.1) is 23.1 Å². The lowest BCUT2D eigenvalue weighted by atomic mass is 9.89. The molecule has 2 atom stereocenters. The van der Waals surface area contributed by atoms with Gasteiger partial charge >= 0.3 is 0 Å². The first-order valence-electron chi connectivity index (χ1n) is 16.5. The zero-order valence-corrected chi connectivity index (χ0v) is 28.8. The summed E-state index contributed by atoms with van der Waals surface area (Å²) in [5.74, 6) is 0. The van der Waals surface area contributed by atoms with Gasteiger partial charge in [-0.2, -0.15) is 0 Å². The molecule has 2 aromatic heterocycles. The highest BCUT2D eigenvalue weighted by molar-refractivity contribution is 7.71. The van der Waals surface area contributed by atoms with Crippen LogP contribution >= 0.6 is 24.4 Å². The van der Waals surface area contributed by atoms with Gasteiger partial charge in [0.05, 0.1) is 46.0 Å². The molecule has 0 saturated heterocycles. The van der Waals surface area contributed by atoms with Crippen LogP contribution in [-0.4, -0.2) is 43.1 Å². The third-order valence-corrected chi connectivity index (χ3v) is 9.80. The van der Waals surface area contributed by atoms with Crippen LogP contribution in [0.4, 0.5) is 0 Å². The third kappa shape index (κ3) is 6.33. The van der Waals surface area contributed by atoms with E-state index in [1.165, 1.54) is 0 Å². The predicted molar refractivity (Wildman–Crippen MR) is 202 cm³/mol. The van der Waals surface area contributed by atoms with Crippen molar-refractivity contribution in [2.75, 3.05) is 0 Å². The van der Waals surface area contributed by atoms with Gasteiger partial charge in [-0.25, -0.2) is 9.36 Å². The van der Waals surface area contributed by atoms with Crippen molar-refractivity contribution in [3.8, 4) is 11.4 Å². The topological polar surface area (TPSA) is 66.2 Å². The number of rotatable bonds is 8. The molecule has 0 aliphatic heterocycles. The van der Waals surface area contributed by atoms with Gasteiger partial charge in [0.2, 0.25) is 0 Å². The SMILES string of the molecule is Cc1[nH]n(-c2ccccc2)c(=S)c1C(=N[C@H]1CCCC[C@H]1N=C(c1ccccc1)c1c(C)[nH]n(-c2ccccc2)c1=S)c1ccccc1. The average Bonchev–Trinajstić information content (AvgIpc) is 3.60. The lowest BCUT2D eigenvalue weighted by Gasteiger charge is -2.28. The number of para-hydroxylation sites is 2. The number of H-pyrrole nitrogens is 2. The van der Waals surface area contributed by atoms with Crippen molar-refractivity contribution in [3.05, 3.63) is 164 Å². The molecular weight excluding hydrogens is 629 g/mol. The van der Waals surface area contributed by atoms with E-state index in [-0.39, 0.29) is 12.1 Å². The van der Waals surface area contributed by atoms with E-state index in [0.717, 1.165) is 82.1 Å². The molecule has 6 nitrogen and oxygen atoms in total. The molecule has 0 unspecified atom stereocenters. The van der Waals surface area contributed by atoms with Gasteiger partial charge in [0.1, 0.15) is 9.28 Å². The predicted octanol–water partition coefficient (Wildman–Crippen LogP) is 9.69. The molecule has 1 saturated carbocycles. The Bertz CT molecular complexity index is 2030. The maximum atomic E-state index is 6.14. The van der Waals surface area contributed by atoms with E-state index in [1.54, 1.807) is 0 Å². The number of hydrogen-bond acceptors (Lipinski definition) is 4. The van der Waals surface area contributed by atoms with Crippen molar-refractivity contribution in [3.63, 3.8) is 0 Å². The Balaban J connectivity index is 1.37. The average molecular weight is 667 g/mol. The Hall–Kier alpha value is -4.92. The molecule has 6 aromatic rings. The van der Waals surface area contributed by atoms with Gasteiger partial charge in [-0.3, -0.25) is 20.2 Å². The van der Waals surface area contributed by atoms with Gasteiger partial charge in [0.15, 0.2) is 0 Å². The van der Waals surface area contributed by atoms with Gasteiger partial charge in [-0.15, -0.1) is 0 Å². The van der Waals surface area contributed by atoms with E-state index in [0.29, 0.717) is 9.28 Å². The highest BCUT2D eigenvalue weighted by atomic mass is 32.1. The van der Waals surface area contributed by atoms with E-state index in [2.05, 4.69) is 96.8 Å². The fourth-order valence-electron chi connectivity index (χ4n) is 6.65. The molecule has 4 aromatic carbocycles. The number of nitrogens with zero attached hydrogens (tertiary/aromatic N) is 4. The first kappa shape index (κ1) is 31.7. The van der Waals surface area contributed by atoms with Gasteiger partial charge < -0.3 is 0 Å². The summed E-state index contributed by atoms with van der Waals surface area (Å²) < 4.78 is 5.38. The normalized spacial score (nSPS) is 17.0. The van der Waals surface area contributed by atoms with Crippen molar-refractivity contribution < 1.29 is 0 Å². The Morgan fingerprint density at radius 1 is 0.542 bits per heavy atom. The summed E-state index contributed by atoms with van der Waals surface area (Å²) in [6.45, 7) is 4.16. The minimum atomic E-state index is -0.0318. The van der Waals surface area contributed by atoms with Gasteiger partial charge in [0, 0.05) is 22.5 Å². The molecule has 48 heavy (non-hydrogen) atoms. The maximum absolute atomic E-state index is 6.14. The van der Waals surface area contributed by atoms with Crippen molar-refractivity contribution >= 4 is 35.9 Å². The number of hydrogen-bond donors (Lipinski definition) is 2. The summed E-state index contributed by atoms with van der Waals surface area (Å²) in [4.78, 5) is 11.2. The summed E-state index contributed by atoms with van der Waals surface area (Å²) in [6, 6.07) is 41.1. The minimum Gasteiger partial charge on any atom is -0.297 e. The molecule has 0 amide bonds. The highest BCUT2D eigenvalue weighted by Crippen LogP contribution is 2.29. The van der Waals surface area contributed by atoms with Gasteiger partial charge in [-0.05, 0) is 51.0 Å². The van der Waals surface area contributed by atoms with Crippen LogP contribution < -0.4 is 0 Å². The van der Waals surface area contributed by atoms with Crippen LogP contribution in [0.3, 0.4) is 0 Å². The molecule has 1 aliphatic carbocycles. The van der Waals surface area contributed by atoms with Crippen molar-refractivity contribution in [2.45, 2.75) is 51.6 Å². The van der Waals surface area contributed by atoms with Crippen LogP contribution in [0.25, 0.3) is 11.4 Å². The fourth-order valence-corrected chi connectivity index (χ4v) is 7.45. The molecule has 240 valence electrons. The summed E-state index contributed by atoms with van der Waals surface area (Å²) in [5.41, 5.74) is 9.75. The summed E-state index contributed by atoms with van der Waals surface area (Å²) >= 11 is 12.3. The molecule has 1 aliphatic rings. The number of nitrogens with one attached hydrogen (secondary N) is 2. The monoisotopic (exact) mass is 666 g/mol. The first-order chi connectivity index (χ1) is 23.5. The number of aromatic amines is 2. The zero-order valence-electron chi connectivity index (χ0n) is 27.1.